The molecular weight excluding hydrogens is 431 g/mol. The molecule has 0 saturated carbocycles. The molecule has 1 aliphatic rings. The maximum Gasteiger partial charge on any atom is 0.217 e. The summed E-state index contributed by atoms with van der Waals surface area (Å²) in [4.78, 5) is 17.7. The highest BCUT2D eigenvalue weighted by atomic mass is 127. The number of carbonyl (C=O) groups excluding carboxylic acids is 1. The molecule has 6 nitrogen and oxygen atoms in total. The molecule has 140 valence electrons. The molecule has 1 aromatic rings. The van der Waals surface area contributed by atoms with E-state index in [9.17, 15) is 4.79 Å². The summed E-state index contributed by atoms with van der Waals surface area (Å²) < 4.78 is 5.25. The third kappa shape index (κ3) is 7.09. The molecule has 0 aliphatic carbocycles. The van der Waals surface area contributed by atoms with Gasteiger partial charge in [-0.25, -0.2) is 0 Å². The van der Waals surface area contributed by atoms with Gasteiger partial charge in [-0.05, 0) is 42.9 Å². The number of amides is 1. The third-order valence-electron chi connectivity index (χ3n) is 4.35. The first-order valence-corrected chi connectivity index (χ1v) is 8.49. The lowest BCUT2D eigenvalue weighted by Crippen LogP contribution is -2.47. The van der Waals surface area contributed by atoms with Gasteiger partial charge in [0, 0.05) is 33.1 Å². The number of nitrogens with two attached hydrogens (primary N) is 1. The molecule has 1 fully saturated rings. The highest BCUT2D eigenvalue weighted by Gasteiger charge is 2.23. The Balaban J connectivity index is 0.00000312. The van der Waals surface area contributed by atoms with Crippen molar-refractivity contribution >= 4 is 35.8 Å². The molecule has 0 spiro atoms. The molecule has 7 heteroatoms. The molecule has 1 amide bonds. The number of piperidine rings is 1. The zero-order valence-electron chi connectivity index (χ0n) is 15.0. The molecule has 0 bridgehead atoms. The van der Waals surface area contributed by atoms with Crippen molar-refractivity contribution in [1.82, 2.24) is 10.2 Å². The number of aliphatic imine (C=N–C) groups is 1. The van der Waals surface area contributed by atoms with E-state index in [2.05, 4.69) is 21.3 Å². The number of carbonyl (C=O) groups is 1. The minimum atomic E-state index is -0.220. The first kappa shape index (κ1) is 21.5. The lowest BCUT2D eigenvalue weighted by atomic mass is 9.95. The van der Waals surface area contributed by atoms with Crippen molar-refractivity contribution in [2.75, 3.05) is 33.8 Å². The van der Waals surface area contributed by atoms with Crippen LogP contribution in [0.3, 0.4) is 0 Å². The number of primary amides is 1. The highest BCUT2D eigenvalue weighted by molar-refractivity contribution is 14.0. The molecule has 25 heavy (non-hydrogen) atoms. The largest absolute Gasteiger partial charge is 0.497 e. The summed E-state index contributed by atoms with van der Waals surface area (Å²) in [6, 6.07) is 8.09. The fourth-order valence-electron chi connectivity index (χ4n) is 3.19. The molecule has 1 aromatic carbocycles. The average Bonchev–Trinajstić information content (AvgIpc) is 2.58. The standard InChI is InChI=1S/C18H28N4O2.HI/c1-20-18(22-10-4-6-15(13-22)12-17(19)23)21-9-8-14-5-3-7-16(11-14)24-2;/h3,5,7,11,15H,4,6,8-10,12-13H2,1-2H3,(H2,19,23)(H,20,21);1H. The van der Waals surface area contributed by atoms with Crippen LogP contribution in [0, 0.1) is 5.92 Å². The van der Waals surface area contributed by atoms with Gasteiger partial charge in [0.15, 0.2) is 5.96 Å². The summed E-state index contributed by atoms with van der Waals surface area (Å²) in [6.45, 7) is 2.60. The van der Waals surface area contributed by atoms with Crippen LogP contribution in [0.4, 0.5) is 0 Å². The van der Waals surface area contributed by atoms with Gasteiger partial charge < -0.3 is 20.7 Å². The summed E-state index contributed by atoms with van der Waals surface area (Å²) in [5, 5.41) is 3.42. The molecule has 1 heterocycles. The lowest BCUT2D eigenvalue weighted by Gasteiger charge is -2.34. The number of hydrogen-bond acceptors (Lipinski definition) is 3. The van der Waals surface area contributed by atoms with E-state index >= 15 is 0 Å². The van der Waals surface area contributed by atoms with Gasteiger partial charge >= 0.3 is 0 Å². The van der Waals surface area contributed by atoms with E-state index in [1.54, 1.807) is 14.2 Å². The Morgan fingerprint density at radius 1 is 1.48 bits per heavy atom. The number of nitrogens with one attached hydrogen (secondary N) is 1. The van der Waals surface area contributed by atoms with Crippen molar-refractivity contribution in [3.05, 3.63) is 29.8 Å². The van der Waals surface area contributed by atoms with E-state index in [4.69, 9.17) is 10.5 Å². The van der Waals surface area contributed by atoms with E-state index in [-0.39, 0.29) is 29.9 Å². The zero-order valence-corrected chi connectivity index (χ0v) is 17.4. The number of hydrogen-bond donors (Lipinski definition) is 2. The Kier molecular flexibility index (Phi) is 9.62. The number of nitrogens with zero attached hydrogens (tertiary/aromatic N) is 2. The van der Waals surface area contributed by atoms with Gasteiger partial charge in [0.2, 0.25) is 5.91 Å². The molecule has 3 N–H and O–H groups in total. The van der Waals surface area contributed by atoms with E-state index in [0.29, 0.717) is 12.3 Å². The van der Waals surface area contributed by atoms with Crippen LogP contribution in [0.5, 0.6) is 5.75 Å². The summed E-state index contributed by atoms with van der Waals surface area (Å²) in [6.07, 6.45) is 3.47. The summed E-state index contributed by atoms with van der Waals surface area (Å²) >= 11 is 0. The van der Waals surface area contributed by atoms with Gasteiger partial charge in [-0.1, -0.05) is 12.1 Å². The van der Waals surface area contributed by atoms with Crippen molar-refractivity contribution in [3.63, 3.8) is 0 Å². The van der Waals surface area contributed by atoms with Crippen molar-refractivity contribution in [2.45, 2.75) is 25.7 Å². The van der Waals surface area contributed by atoms with Gasteiger partial charge in [-0.2, -0.15) is 0 Å². The van der Waals surface area contributed by atoms with E-state index in [1.807, 2.05) is 18.2 Å². The quantitative estimate of drug-likeness (QED) is 0.387. The monoisotopic (exact) mass is 460 g/mol. The van der Waals surface area contributed by atoms with Crippen LogP contribution in [0.2, 0.25) is 0 Å². The predicted octanol–water partition coefficient (Wildman–Crippen LogP) is 2.02. The number of guanidine groups is 1. The van der Waals surface area contributed by atoms with E-state index in [1.165, 1.54) is 5.56 Å². The Bertz CT molecular complexity index is 580. The van der Waals surface area contributed by atoms with Crippen LogP contribution >= 0.6 is 24.0 Å². The maximum absolute atomic E-state index is 11.1. The molecule has 0 aromatic heterocycles. The average molecular weight is 460 g/mol. The third-order valence-corrected chi connectivity index (χ3v) is 4.35. The number of ether oxygens (including phenoxy) is 1. The van der Waals surface area contributed by atoms with Crippen molar-refractivity contribution in [2.24, 2.45) is 16.6 Å². The van der Waals surface area contributed by atoms with Gasteiger partial charge in [0.1, 0.15) is 5.75 Å². The fraction of sp³-hybridized carbons (Fsp3) is 0.556. The molecule has 0 radical (unpaired) electrons. The fourth-order valence-corrected chi connectivity index (χ4v) is 3.19. The normalized spacial score (nSPS) is 17.6. The molecular formula is C18H29IN4O2. The number of benzene rings is 1. The number of methoxy groups -OCH3 is 1. The summed E-state index contributed by atoms with van der Waals surface area (Å²) in [7, 11) is 3.48. The van der Waals surface area contributed by atoms with Crippen LogP contribution in [-0.2, 0) is 11.2 Å². The number of likely N-dealkylation sites (tertiary alicyclic amines) is 1. The van der Waals surface area contributed by atoms with Gasteiger partial charge in [0.25, 0.3) is 0 Å². The molecule has 2 rings (SSSR count). The van der Waals surface area contributed by atoms with E-state index in [0.717, 1.165) is 50.6 Å². The first-order chi connectivity index (χ1) is 11.6. The van der Waals surface area contributed by atoms with Gasteiger partial charge in [0.05, 0.1) is 7.11 Å². The Labute approximate surface area is 167 Å². The highest BCUT2D eigenvalue weighted by Crippen LogP contribution is 2.19. The first-order valence-electron chi connectivity index (χ1n) is 8.49. The second-order valence-electron chi connectivity index (χ2n) is 6.20. The molecule has 1 atom stereocenters. The summed E-state index contributed by atoms with van der Waals surface area (Å²) in [5.41, 5.74) is 6.56. The molecule has 1 aliphatic heterocycles. The topological polar surface area (TPSA) is 80.0 Å². The zero-order chi connectivity index (χ0) is 17.4. The van der Waals surface area contributed by atoms with Gasteiger partial charge in [-0.15, -0.1) is 24.0 Å². The second kappa shape index (κ2) is 11.2. The van der Waals surface area contributed by atoms with Crippen molar-refractivity contribution in [1.29, 1.82) is 0 Å². The number of halogens is 1. The van der Waals surface area contributed by atoms with E-state index < -0.39 is 0 Å². The van der Waals surface area contributed by atoms with Crippen LogP contribution in [-0.4, -0.2) is 50.6 Å². The van der Waals surface area contributed by atoms with Crippen molar-refractivity contribution in [3.8, 4) is 5.75 Å². The van der Waals surface area contributed by atoms with Crippen LogP contribution in [0.1, 0.15) is 24.8 Å². The van der Waals surface area contributed by atoms with Crippen LogP contribution in [0.15, 0.2) is 29.3 Å². The molecule has 1 unspecified atom stereocenters. The lowest BCUT2D eigenvalue weighted by molar-refractivity contribution is -0.119. The predicted molar refractivity (Wildman–Crippen MR) is 112 cm³/mol. The van der Waals surface area contributed by atoms with Gasteiger partial charge in [-0.3, -0.25) is 9.79 Å². The Morgan fingerprint density at radius 3 is 2.96 bits per heavy atom. The minimum Gasteiger partial charge on any atom is -0.497 e. The Morgan fingerprint density at radius 2 is 2.28 bits per heavy atom. The smallest absolute Gasteiger partial charge is 0.217 e. The number of rotatable bonds is 6. The van der Waals surface area contributed by atoms with Crippen LogP contribution in [0.25, 0.3) is 0 Å². The minimum absolute atomic E-state index is 0. The maximum atomic E-state index is 11.1. The molecule has 1 saturated heterocycles. The van der Waals surface area contributed by atoms with Crippen molar-refractivity contribution < 1.29 is 9.53 Å². The summed E-state index contributed by atoms with van der Waals surface area (Å²) in [5.74, 6) is 1.88. The Hall–Kier alpha value is -1.51. The SMILES string of the molecule is CN=C(NCCc1cccc(OC)c1)N1CCCC(CC(N)=O)C1.I. The van der Waals surface area contributed by atoms with Crippen LogP contribution < -0.4 is 15.8 Å². The second-order valence-corrected chi connectivity index (χ2v) is 6.20.